The van der Waals surface area contributed by atoms with Gasteiger partial charge < -0.3 is 25.5 Å². The Morgan fingerprint density at radius 1 is 1.11 bits per heavy atom. The second-order valence-electron chi connectivity index (χ2n) is 3.19. The fourth-order valence-corrected chi connectivity index (χ4v) is 0.652. The van der Waals surface area contributed by atoms with Gasteiger partial charge in [0.15, 0.2) is 6.10 Å². The molecular formula is C10H16O8. The highest BCUT2D eigenvalue weighted by molar-refractivity contribution is 5.85. The number of aliphatic carboxylic acids is 3. The summed E-state index contributed by atoms with van der Waals surface area (Å²) in [4.78, 5) is 29.4. The second kappa shape index (κ2) is 10.2. The van der Waals surface area contributed by atoms with Crippen molar-refractivity contribution in [2.75, 3.05) is 6.61 Å². The Morgan fingerprint density at radius 3 is 1.83 bits per heavy atom. The first-order chi connectivity index (χ1) is 8.22. The van der Waals surface area contributed by atoms with Crippen LogP contribution in [0.5, 0.6) is 0 Å². The second-order valence-corrected chi connectivity index (χ2v) is 3.19. The van der Waals surface area contributed by atoms with Crippen molar-refractivity contribution in [3.8, 4) is 0 Å². The van der Waals surface area contributed by atoms with Gasteiger partial charge in [-0.25, -0.2) is 9.59 Å². The maximum absolute atomic E-state index is 10.0. The van der Waals surface area contributed by atoms with E-state index in [2.05, 4.69) is 6.58 Å². The molecule has 0 aromatic rings. The van der Waals surface area contributed by atoms with Crippen LogP contribution >= 0.6 is 0 Å². The average molecular weight is 264 g/mol. The van der Waals surface area contributed by atoms with Gasteiger partial charge in [0.1, 0.15) is 0 Å². The molecule has 0 spiro atoms. The molecule has 0 saturated heterocycles. The summed E-state index contributed by atoms with van der Waals surface area (Å²) in [5, 5.41) is 40.6. The topological polar surface area (TPSA) is 152 Å². The summed E-state index contributed by atoms with van der Waals surface area (Å²) >= 11 is 0. The van der Waals surface area contributed by atoms with E-state index >= 15 is 0 Å². The number of hydrogen-bond donors (Lipinski definition) is 5. The lowest BCUT2D eigenvalue weighted by atomic mass is 10.2. The molecule has 1 unspecified atom stereocenters. The standard InChI is InChI=1S/C6H10O3.C4H6O5/c1-5(6(8)9)3-2-4-7;5-2(4(8)9)1-3(6)7/h7H,1-4H2,(H,8,9);2,5H,1H2,(H,6,7)(H,8,9). The molecular weight excluding hydrogens is 248 g/mol. The highest BCUT2D eigenvalue weighted by Gasteiger charge is 2.16. The van der Waals surface area contributed by atoms with Crippen LogP contribution in [-0.2, 0) is 14.4 Å². The van der Waals surface area contributed by atoms with Crippen molar-refractivity contribution in [2.24, 2.45) is 0 Å². The quantitative estimate of drug-likeness (QED) is 0.378. The van der Waals surface area contributed by atoms with Gasteiger partial charge in [-0.15, -0.1) is 0 Å². The molecule has 0 rings (SSSR count). The van der Waals surface area contributed by atoms with Crippen LogP contribution in [0.25, 0.3) is 0 Å². The Morgan fingerprint density at radius 2 is 1.61 bits per heavy atom. The molecule has 18 heavy (non-hydrogen) atoms. The van der Waals surface area contributed by atoms with E-state index < -0.39 is 30.4 Å². The van der Waals surface area contributed by atoms with Crippen LogP contribution in [0.4, 0.5) is 0 Å². The number of carbonyl (C=O) groups is 3. The van der Waals surface area contributed by atoms with E-state index in [1.165, 1.54) is 0 Å². The van der Waals surface area contributed by atoms with Crippen LogP contribution in [0.3, 0.4) is 0 Å². The van der Waals surface area contributed by atoms with E-state index in [0.29, 0.717) is 12.8 Å². The van der Waals surface area contributed by atoms with Crippen molar-refractivity contribution < 1.29 is 39.9 Å². The Kier molecular flexibility index (Phi) is 10.5. The number of aliphatic hydroxyl groups excluding tert-OH is 2. The zero-order chi connectivity index (χ0) is 14.7. The third-order valence-electron chi connectivity index (χ3n) is 1.59. The third kappa shape index (κ3) is 12.1. The van der Waals surface area contributed by atoms with Gasteiger partial charge in [-0.2, -0.15) is 0 Å². The zero-order valence-electron chi connectivity index (χ0n) is 9.57. The number of hydrogen-bond acceptors (Lipinski definition) is 5. The zero-order valence-corrected chi connectivity index (χ0v) is 9.57. The van der Waals surface area contributed by atoms with Crippen molar-refractivity contribution in [3.63, 3.8) is 0 Å². The van der Waals surface area contributed by atoms with Crippen molar-refractivity contribution >= 4 is 17.9 Å². The maximum Gasteiger partial charge on any atom is 0.333 e. The van der Waals surface area contributed by atoms with Crippen molar-refractivity contribution in [1.82, 2.24) is 0 Å². The Hall–Kier alpha value is -1.93. The summed E-state index contributed by atoms with van der Waals surface area (Å²) in [6.07, 6.45) is -1.70. The summed E-state index contributed by atoms with van der Waals surface area (Å²) in [5.74, 6) is -3.83. The highest BCUT2D eigenvalue weighted by atomic mass is 16.4. The van der Waals surface area contributed by atoms with Crippen LogP contribution < -0.4 is 0 Å². The number of carboxylic acids is 3. The van der Waals surface area contributed by atoms with Crippen LogP contribution in [0.1, 0.15) is 19.3 Å². The van der Waals surface area contributed by atoms with E-state index in [-0.39, 0.29) is 12.2 Å². The SMILES string of the molecule is C=C(CCCO)C(=O)O.O=C(O)CC(O)C(=O)O. The molecule has 8 heteroatoms. The molecule has 8 nitrogen and oxygen atoms in total. The molecule has 0 bridgehead atoms. The monoisotopic (exact) mass is 264 g/mol. The molecule has 0 saturated carbocycles. The van der Waals surface area contributed by atoms with Crippen LogP contribution in [-0.4, -0.2) is 56.2 Å². The first kappa shape index (κ1) is 18.4. The summed E-state index contributed by atoms with van der Waals surface area (Å²) in [6, 6.07) is 0. The van der Waals surface area contributed by atoms with Gasteiger partial charge in [0.25, 0.3) is 0 Å². The fraction of sp³-hybridized carbons (Fsp3) is 0.500. The maximum atomic E-state index is 10.0. The van der Waals surface area contributed by atoms with Crippen LogP contribution in [0.15, 0.2) is 12.2 Å². The molecule has 0 amide bonds. The van der Waals surface area contributed by atoms with Gasteiger partial charge in [0.05, 0.1) is 6.42 Å². The number of carboxylic acid groups (broad SMARTS) is 3. The summed E-state index contributed by atoms with van der Waals surface area (Å²) in [6.45, 7) is 3.30. The fourth-order valence-electron chi connectivity index (χ4n) is 0.652. The van der Waals surface area contributed by atoms with Crippen LogP contribution in [0.2, 0.25) is 0 Å². The van der Waals surface area contributed by atoms with E-state index in [1.54, 1.807) is 0 Å². The lowest BCUT2D eigenvalue weighted by Gasteiger charge is -1.97. The molecule has 1 atom stereocenters. The molecule has 5 N–H and O–H groups in total. The van der Waals surface area contributed by atoms with E-state index in [9.17, 15) is 14.4 Å². The predicted octanol–water partition coefficient (Wildman–Crippen LogP) is -0.694. The highest BCUT2D eigenvalue weighted by Crippen LogP contribution is 2.00. The van der Waals surface area contributed by atoms with Gasteiger partial charge in [-0.05, 0) is 12.8 Å². The number of aliphatic hydroxyl groups is 2. The minimum absolute atomic E-state index is 0.0201. The lowest BCUT2D eigenvalue weighted by Crippen LogP contribution is -2.22. The van der Waals surface area contributed by atoms with E-state index in [4.69, 9.17) is 25.5 Å². The first-order valence-electron chi connectivity index (χ1n) is 4.87. The summed E-state index contributed by atoms with van der Waals surface area (Å²) in [7, 11) is 0. The Balaban J connectivity index is 0. The van der Waals surface area contributed by atoms with Gasteiger partial charge in [0.2, 0.25) is 0 Å². The number of rotatable bonds is 7. The molecule has 104 valence electrons. The molecule has 0 radical (unpaired) electrons. The van der Waals surface area contributed by atoms with Gasteiger partial charge in [0, 0.05) is 12.2 Å². The van der Waals surface area contributed by atoms with Gasteiger partial charge >= 0.3 is 17.9 Å². The summed E-state index contributed by atoms with van der Waals surface area (Å²) in [5.41, 5.74) is 0.157. The third-order valence-corrected chi connectivity index (χ3v) is 1.59. The molecule has 0 aliphatic heterocycles. The average Bonchev–Trinajstić information content (AvgIpc) is 2.25. The van der Waals surface area contributed by atoms with Crippen molar-refractivity contribution in [2.45, 2.75) is 25.4 Å². The molecule has 0 aromatic carbocycles. The molecule has 0 aromatic heterocycles. The minimum Gasteiger partial charge on any atom is -0.481 e. The Bertz CT molecular complexity index is 309. The molecule has 0 aliphatic rings. The lowest BCUT2D eigenvalue weighted by molar-refractivity contribution is -0.152. The van der Waals surface area contributed by atoms with E-state index in [1.807, 2.05) is 0 Å². The smallest absolute Gasteiger partial charge is 0.333 e. The van der Waals surface area contributed by atoms with Crippen molar-refractivity contribution in [1.29, 1.82) is 0 Å². The van der Waals surface area contributed by atoms with Crippen molar-refractivity contribution in [3.05, 3.63) is 12.2 Å². The van der Waals surface area contributed by atoms with Crippen LogP contribution in [0, 0.1) is 0 Å². The normalized spacial score (nSPS) is 10.8. The summed E-state index contributed by atoms with van der Waals surface area (Å²) < 4.78 is 0. The molecule has 0 heterocycles. The largest absolute Gasteiger partial charge is 0.481 e. The first-order valence-corrected chi connectivity index (χ1v) is 4.87. The van der Waals surface area contributed by atoms with Gasteiger partial charge in [-0.3, -0.25) is 4.79 Å². The predicted molar refractivity (Wildman–Crippen MR) is 59.0 cm³/mol. The Labute approximate surface area is 103 Å². The molecule has 0 aliphatic carbocycles. The van der Waals surface area contributed by atoms with Gasteiger partial charge in [-0.1, -0.05) is 6.58 Å². The minimum atomic E-state index is -1.79. The molecule has 0 fully saturated rings. The van der Waals surface area contributed by atoms with E-state index in [0.717, 1.165) is 0 Å².